The van der Waals surface area contributed by atoms with E-state index in [9.17, 15) is 14.3 Å². The number of ether oxygens (including phenoxy) is 2. The number of hydrogen-bond acceptors (Lipinski definition) is 6. The summed E-state index contributed by atoms with van der Waals surface area (Å²) in [4.78, 5) is 11.5. The lowest BCUT2D eigenvalue weighted by atomic mass is 10.0. The second-order valence-corrected chi connectivity index (χ2v) is 5.12. The van der Waals surface area contributed by atoms with Crippen LogP contribution in [0.3, 0.4) is 0 Å². The molecule has 0 bridgehead atoms. The predicted molar refractivity (Wildman–Crippen MR) is 95.6 cm³/mol. The summed E-state index contributed by atoms with van der Waals surface area (Å²) in [7, 11) is 2.71. The number of nitrogen functional groups attached to an aromatic ring is 1. The van der Waals surface area contributed by atoms with Gasteiger partial charge in [0.2, 0.25) is 0 Å². The van der Waals surface area contributed by atoms with E-state index in [0.717, 1.165) is 6.07 Å². The Hall–Kier alpha value is -3.00. The molecule has 0 heterocycles. The minimum Gasteiger partial charge on any atom is -0.548 e. The van der Waals surface area contributed by atoms with Gasteiger partial charge in [0.15, 0.2) is 11.5 Å². The maximum Gasteiger partial charge on any atom is 0.163 e. The monoisotopic (exact) mass is 382 g/mol. The van der Waals surface area contributed by atoms with Crippen LogP contribution in [0.25, 0.3) is 0 Å². The van der Waals surface area contributed by atoms with Crippen molar-refractivity contribution < 1.29 is 23.8 Å². The number of hydrogen-bond donors (Lipinski definition) is 3. The minimum absolute atomic E-state index is 0. The molecule has 1 atom stereocenters. The molecular formula is C17H18ClFN3O4-. The Bertz CT molecular complexity index is 799. The Kier molecular flexibility index (Phi) is 7.21. The quantitative estimate of drug-likeness (QED) is 0.492. The lowest BCUT2D eigenvalue weighted by Gasteiger charge is -2.23. The number of anilines is 1. The molecule has 0 aliphatic rings. The second-order valence-electron chi connectivity index (χ2n) is 5.12. The first-order valence-corrected chi connectivity index (χ1v) is 7.20. The van der Waals surface area contributed by atoms with E-state index in [2.05, 4.69) is 5.32 Å². The molecule has 0 radical (unpaired) electrons. The number of rotatable bonds is 7. The van der Waals surface area contributed by atoms with Gasteiger partial charge in [-0.15, -0.1) is 12.4 Å². The zero-order valence-corrected chi connectivity index (χ0v) is 14.9. The highest BCUT2D eigenvalue weighted by molar-refractivity contribution is 5.95. The summed E-state index contributed by atoms with van der Waals surface area (Å²) >= 11 is 0. The third kappa shape index (κ3) is 4.54. The maximum absolute atomic E-state index is 14.3. The molecule has 2 rings (SSSR count). The first-order chi connectivity index (χ1) is 11.9. The van der Waals surface area contributed by atoms with Crippen LogP contribution in [0.15, 0.2) is 36.4 Å². The molecule has 0 saturated carbocycles. The summed E-state index contributed by atoms with van der Waals surface area (Å²) in [6.45, 7) is 0. The van der Waals surface area contributed by atoms with Crippen molar-refractivity contribution in [2.45, 2.75) is 6.04 Å². The zero-order chi connectivity index (χ0) is 18.6. The summed E-state index contributed by atoms with van der Waals surface area (Å²) in [6, 6.07) is 6.99. The molecule has 4 N–H and O–H groups in total. The van der Waals surface area contributed by atoms with Crippen molar-refractivity contribution in [3.05, 3.63) is 53.3 Å². The van der Waals surface area contributed by atoms with E-state index >= 15 is 0 Å². The Balaban J connectivity index is 0.00000338. The largest absolute Gasteiger partial charge is 0.548 e. The highest BCUT2D eigenvalue weighted by atomic mass is 35.5. The molecule has 0 spiro atoms. The highest BCUT2D eigenvalue weighted by Crippen LogP contribution is 2.33. The molecule has 0 fully saturated rings. The van der Waals surface area contributed by atoms with Crippen LogP contribution in [0.4, 0.5) is 10.1 Å². The number of carboxylic acid groups (broad SMARTS) is 1. The number of carbonyl (C=O) groups is 1. The molecule has 1 unspecified atom stereocenters. The summed E-state index contributed by atoms with van der Waals surface area (Å²) in [5.74, 6) is -2.07. The molecule has 140 valence electrons. The van der Waals surface area contributed by atoms with E-state index in [-0.39, 0.29) is 35.3 Å². The van der Waals surface area contributed by atoms with Gasteiger partial charge >= 0.3 is 0 Å². The summed E-state index contributed by atoms with van der Waals surface area (Å²) in [6.07, 6.45) is 0. The number of aliphatic carboxylic acids is 1. The normalized spacial score (nSPS) is 11.0. The average Bonchev–Trinajstić information content (AvgIpc) is 2.59. The fourth-order valence-electron chi connectivity index (χ4n) is 2.27. The van der Waals surface area contributed by atoms with Gasteiger partial charge in [0.25, 0.3) is 0 Å². The molecule has 9 heteroatoms. The third-order valence-corrected chi connectivity index (χ3v) is 3.56. The Labute approximate surface area is 155 Å². The molecule has 7 nitrogen and oxygen atoms in total. The van der Waals surface area contributed by atoms with Gasteiger partial charge in [-0.05, 0) is 30.3 Å². The van der Waals surface area contributed by atoms with Crippen LogP contribution in [0.1, 0.15) is 17.2 Å². The molecule has 0 aromatic heterocycles. The minimum atomic E-state index is -1.51. The molecular weight excluding hydrogens is 365 g/mol. The number of amidine groups is 1. The fourth-order valence-corrected chi connectivity index (χ4v) is 2.27. The van der Waals surface area contributed by atoms with Gasteiger partial charge < -0.3 is 30.4 Å². The number of carboxylic acids is 1. The number of methoxy groups -OCH3 is 2. The Morgan fingerprint density at radius 1 is 1.19 bits per heavy atom. The van der Waals surface area contributed by atoms with E-state index in [1.54, 1.807) is 12.1 Å². The zero-order valence-electron chi connectivity index (χ0n) is 14.0. The summed E-state index contributed by atoms with van der Waals surface area (Å²) < 4.78 is 24.4. The van der Waals surface area contributed by atoms with Gasteiger partial charge in [-0.1, -0.05) is 0 Å². The number of halogens is 2. The number of nitrogens with one attached hydrogen (secondary N) is 2. The van der Waals surface area contributed by atoms with Crippen molar-refractivity contribution in [3.8, 4) is 11.5 Å². The Morgan fingerprint density at radius 2 is 1.73 bits per heavy atom. The van der Waals surface area contributed by atoms with Crippen LogP contribution in [0.5, 0.6) is 11.5 Å². The summed E-state index contributed by atoms with van der Waals surface area (Å²) in [5.41, 5.74) is 6.08. The smallest absolute Gasteiger partial charge is 0.163 e. The average molecular weight is 383 g/mol. The van der Waals surface area contributed by atoms with E-state index < -0.39 is 17.8 Å². The van der Waals surface area contributed by atoms with Crippen molar-refractivity contribution in [1.29, 1.82) is 5.41 Å². The van der Waals surface area contributed by atoms with Gasteiger partial charge in [0.05, 0.1) is 26.2 Å². The maximum atomic E-state index is 14.3. The van der Waals surface area contributed by atoms with Crippen molar-refractivity contribution in [3.63, 3.8) is 0 Å². The molecule has 0 amide bonds. The lowest BCUT2D eigenvalue weighted by Crippen LogP contribution is -2.34. The van der Waals surface area contributed by atoms with Crippen molar-refractivity contribution in [1.82, 2.24) is 0 Å². The van der Waals surface area contributed by atoms with Crippen molar-refractivity contribution in [2.75, 3.05) is 19.5 Å². The SMILES string of the molecule is COc1cc(F)c(C(Nc2ccc(C(=N)N)cc2)C(=O)[O-])cc1OC.Cl. The lowest BCUT2D eigenvalue weighted by molar-refractivity contribution is -0.307. The Morgan fingerprint density at radius 3 is 2.19 bits per heavy atom. The van der Waals surface area contributed by atoms with Gasteiger partial charge in [0, 0.05) is 22.9 Å². The standard InChI is InChI=1S/C17H18FN3O4.ClH/c1-24-13-7-11(12(18)8-14(13)25-2)15(17(22)23)21-10-5-3-9(4-6-10)16(19)20;/h3-8,15,21H,1-2H3,(H3,19,20)(H,22,23);1H/p-1. The van der Waals surface area contributed by atoms with Crippen LogP contribution in [-0.2, 0) is 4.79 Å². The first-order valence-electron chi connectivity index (χ1n) is 7.20. The predicted octanol–water partition coefficient (Wildman–Crippen LogP) is 1.45. The van der Waals surface area contributed by atoms with Crippen LogP contribution >= 0.6 is 12.4 Å². The molecule has 0 aliphatic heterocycles. The van der Waals surface area contributed by atoms with E-state index in [0.29, 0.717) is 11.3 Å². The van der Waals surface area contributed by atoms with E-state index in [1.165, 1.54) is 32.4 Å². The van der Waals surface area contributed by atoms with Crippen molar-refractivity contribution >= 4 is 29.9 Å². The van der Waals surface area contributed by atoms with Gasteiger partial charge in [-0.3, -0.25) is 5.41 Å². The van der Waals surface area contributed by atoms with Crippen molar-refractivity contribution in [2.24, 2.45) is 5.73 Å². The fraction of sp³-hybridized carbons (Fsp3) is 0.176. The van der Waals surface area contributed by atoms with Gasteiger partial charge in [-0.25, -0.2) is 4.39 Å². The second kappa shape index (κ2) is 8.91. The molecule has 0 saturated heterocycles. The van der Waals surface area contributed by atoms with Crippen LogP contribution in [0.2, 0.25) is 0 Å². The summed E-state index contributed by atoms with van der Waals surface area (Å²) in [5, 5.41) is 21.5. The topological polar surface area (TPSA) is 120 Å². The third-order valence-electron chi connectivity index (χ3n) is 3.56. The van der Waals surface area contributed by atoms with Crippen LogP contribution in [-0.4, -0.2) is 26.0 Å². The number of carbonyl (C=O) groups excluding carboxylic acids is 1. The van der Waals surface area contributed by atoms with E-state index in [4.69, 9.17) is 20.6 Å². The molecule has 0 aliphatic carbocycles. The number of benzene rings is 2. The molecule has 2 aromatic carbocycles. The van der Waals surface area contributed by atoms with E-state index in [1.807, 2.05) is 0 Å². The van der Waals surface area contributed by atoms with Gasteiger partial charge in [-0.2, -0.15) is 0 Å². The highest BCUT2D eigenvalue weighted by Gasteiger charge is 2.20. The first kappa shape index (κ1) is 21.0. The molecule has 2 aromatic rings. The van der Waals surface area contributed by atoms with Gasteiger partial charge in [0.1, 0.15) is 11.7 Å². The van der Waals surface area contributed by atoms with Crippen LogP contribution in [0, 0.1) is 11.2 Å². The number of nitrogens with two attached hydrogens (primary N) is 1. The van der Waals surface area contributed by atoms with Crippen LogP contribution < -0.4 is 25.6 Å². The molecule has 26 heavy (non-hydrogen) atoms.